The van der Waals surface area contributed by atoms with E-state index in [2.05, 4.69) is 45.1 Å². The highest BCUT2D eigenvalue weighted by Gasteiger charge is 2.19. The van der Waals surface area contributed by atoms with Gasteiger partial charge in [-0.2, -0.15) is 5.10 Å². The average Bonchev–Trinajstić information content (AvgIpc) is 3.07. The van der Waals surface area contributed by atoms with Gasteiger partial charge in [0.25, 0.3) is 0 Å². The molecular formula is C20H29N5O2. The van der Waals surface area contributed by atoms with Crippen molar-refractivity contribution in [2.45, 2.75) is 39.5 Å². The van der Waals surface area contributed by atoms with Gasteiger partial charge in [-0.05, 0) is 30.2 Å². The second kappa shape index (κ2) is 8.90. The number of carbonyl (C=O) groups excluding carboxylic acids is 1. The van der Waals surface area contributed by atoms with E-state index in [0.29, 0.717) is 6.54 Å². The first-order valence-electron chi connectivity index (χ1n) is 9.50. The summed E-state index contributed by atoms with van der Waals surface area (Å²) in [6.07, 6.45) is 1.02. The summed E-state index contributed by atoms with van der Waals surface area (Å²) < 4.78 is 7.70. The normalized spacial score (nSPS) is 13.9. The Morgan fingerprint density at radius 1 is 1.26 bits per heavy atom. The Hall–Kier alpha value is -2.54. The van der Waals surface area contributed by atoms with Crippen LogP contribution in [0.4, 0.5) is 4.79 Å². The van der Waals surface area contributed by atoms with Crippen LogP contribution in [0.3, 0.4) is 0 Å². The van der Waals surface area contributed by atoms with Crippen LogP contribution >= 0.6 is 0 Å². The first-order chi connectivity index (χ1) is 13.0. The van der Waals surface area contributed by atoms with Crippen molar-refractivity contribution in [1.82, 2.24) is 24.9 Å². The minimum Gasteiger partial charge on any atom is -0.494 e. The number of urea groups is 1. The minimum atomic E-state index is -0.103. The van der Waals surface area contributed by atoms with Crippen LogP contribution in [0.15, 0.2) is 30.3 Å². The molecule has 1 aliphatic rings. The van der Waals surface area contributed by atoms with Crippen molar-refractivity contribution in [3.8, 4) is 5.75 Å². The molecule has 0 bridgehead atoms. The van der Waals surface area contributed by atoms with E-state index >= 15 is 0 Å². The molecule has 1 aromatic carbocycles. The van der Waals surface area contributed by atoms with E-state index in [1.807, 2.05) is 12.1 Å². The number of carbonyl (C=O) groups is 1. The molecule has 1 aromatic heterocycles. The third-order valence-electron chi connectivity index (χ3n) is 4.56. The van der Waals surface area contributed by atoms with E-state index in [1.165, 1.54) is 16.2 Å². The van der Waals surface area contributed by atoms with Crippen molar-refractivity contribution in [3.05, 3.63) is 47.3 Å². The van der Waals surface area contributed by atoms with Crippen molar-refractivity contribution < 1.29 is 9.53 Å². The molecule has 7 nitrogen and oxygen atoms in total. The van der Waals surface area contributed by atoms with Crippen molar-refractivity contribution in [2.24, 2.45) is 0 Å². The minimum absolute atomic E-state index is 0.103. The maximum absolute atomic E-state index is 11.7. The van der Waals surface area contributed by atoms with Crippen molar-refractivity contribution in [2.75, 3.05) is 27.2 Å². The number of hydrogen-bond donors (Lipinski definition) is 1. The van der Waals surface area contributed by atoms with Crippen molar-refractivity contribution in [3.63, 3.8) is 0 Å². The molecule has 0 aliphatic carbocycles. The highest BCUT2D eigenvalue weighted by atomic mass is 16.5. The molecular weight excluding hydrogens is 342 g/mol. The summed E-state index contributed by atoms with van der Waals surface area (Å²) in [7, 11) is 3.46. The van der Waals surface area contributed by atoms with Crippen LogP contribution in [0.1, 0.15) is 30.3 Å². The van der Waals surface area contributed by atoms with Crippen molar-refractivity contribution in [1.29, 1.82) is 0 Å². The van der Waals surface area contributed by atoms with Gasteiger partial charge >= 0.3 is 6.03 Å². The van der Waals surface area contributed by atoms with Gasteiger partial charge in [-0.15, -0.1) is 0 Å². The lowest BCUT2D eigenvalue weighted by molar-refractivity contribution is 0.205. The smallest absolute Gasteiger partial charge is 0.317 e. The number of ether oxygens (including phenoxy) is 1. The van der Waals surface area contributed by atoms with Gasteiger partial charge in [-0.3, -0.25) is 9.58 Å². The Morgan fingerprint density at radius 3 is 2.74 bits per heavy atom. The standard InChI is InChI=1S/C20H29N5O2/c1-4-11-27-19-7-5-16(6-8-19)14-24-9-10-25-18(15-24)12-17(22-25)13-21-20(26)23(2)3/h5-8,12H,4,9-11,13-15H2,1-3H3,(H,21,26). The van der Waals surface area contributed by atoms with Gasteiger partial charge in [-0.1, -0.05) is 19.1 Å². The maximum Gasteiger partial charge on any atom is 0.317 e. The molecule has 27 heavy (non-hydrogen) atoms. The lowest BCUT2D eigenvalue weighted by Crippen LogP contribution is -2.34. The molecule has 3 rings (SSSR count). The summed E-state index contributed by atoms with van der Waals surface area (Å²) in [6, 6.07) is 10.4. The maximum atomic E-state index is 11.7. The van der Waals surface area contributed by atoms with Crippen LogP contribution in [-0.4, -0.2) is 52.9 Å². The van der Waals surface area contributed by atoms with Crippen LogP contribution in [0.2, 0.25) is 0 Å². The second-order valence-electron chi connectivity index (χ2n) is 7.11. The molecule has 146 valence electrons. The predicted molar refractivity (Wildman–Crippen MR) is 104 cm³/mol. The van der Waals surface area contributed by atoms with E-state index in [-0.39, 0.29) is 6.03 Å². The SMILES string of the molecule is CCCOc1ccc(CN2CCn3nc(CNC(=O)N(C)C)cc3C2)cc1. The summed E-state index contributed by atoms with van der Waals surface area (Å²) in [6.45, 7) is 6.93. The topological polar surface area (TPSA) is 62.6 Å². The number of rotatable bonds is 7. The number of benzene rings is 1. The lowest BCUT2D eigenvalue weighted by Gasteiger charge is -2.27. The zero-order valence-electron chi connectivity index (χ0n) is 16.4. The molecule has 0 saturated carbocycles. The average molecular weight is 371 g/mol. The van der Waals surface area contributed by atoms with E-state index in [4.69, 9.17) is 4.74 Å². The zero-order valence-corrected chi connectivity index (χ0v) is 16.4. The van der Waals surface area contributed by atoms with Gasteiger partial charge in [0, 0.05) is 33.7 Å². The summed E-state index contributed by atoms with van der Waals surface area (Å²) in [5.41, 5.74) is 3.38. The molecule has 1 N–H and O–H groups in total. The molecule has 0 unspecified atom stereocenters. The fraction of sp³-hybridized carbons (Fsp3) is 0.500. The Morgan fingerprint density at radius 2 is 2.04 bits per heavy atom. The predicted octanol–water partition coefficient (Wildman–Crippen LogP) is 2.46. The van der Waals surface area contributed by atoms with Gasteiger partial charge in [0.15, 0.2) is 0 Å². The molecule has 2 heterocycles. The Labute approximate surface area is 160 Å². The number of nitrogens with zero attached hydrogens (tertiary/aromatic N) is 4. The van der Waals surface area contributed by atoms with Crippen LogP contribution in [0, 0.1) is 0 Å². The zero-order chi connectivity index (χ0) is 19.2. The number of aromatic nitrogens is 2. The van der Waals surface area contributed by atoms with Gasteiger partial charge in [0.2, 0.25) is 0 Å². The summed E-state index contributed by atoms with van der Waals surface area (Å²) in [5, 5.41) is 7.47. The number of amides is 2. The molecule has 2 aromatic rings. The van der Waals surface area contributed by atoms with E-state index in [0.717, 1.165) is 50.7 Å². The fourth-order valence-corrected chi connectivity index (χ4v) is 3.09. The van der Waals surface area contributed by atoms with Gasteiger partial charge < -0.3 is 15.0 Å². The number of hydrogen-bond acceptors (Lipinski definition) is 4. The van der Waals surface area contributed by atoms with Crippen LogP contribution < -0.4 is 10.1 Å². The Kier molecular flexibility index (Phi) is 6.34. The van der Waals surface area contributed by atoms with Crippen LogP contribution in [0.25, 0.3) is 0 Å². The third kappa shape index (κ3) is 5.23. The molecule has 2 amide bonds. The summed E-state index contributed by atoms with van der Waals surface area (Å²) in [4.78, 5) is 15.6. The highest BCUT2D eigenvalue weighted by molar-refractivity contribution is 5.73. The third-order valence-corrected chi connectivity index (χ3v) is 4.56. The van der Waals surface area contributed by atoms with Gasteiger partial charge in [0.1, 0.15) is 5.75 Å². The molecule has 0 fully saturated rings. The Bertz CT molecular complexity index is 754. The second-order valence-corrected chi connectivity index (χ2v) is 7.11. The van der Waals surface area contributed by atoms with Gasteiger partial charge in [0.05, 0.1) is 31.1 Å². The monoisotopic (exact) mass is 371 g/mol. The molecule has 0 atom stereocenters. The molecule has 1 aliphatic heterocycles. The van der Waals surface area contributed by atoms with Crippen LogP contribution in [0.5, 0.6) is 5.75 Å². The highest BCUT2D eigenvalue weighted by Crippen LogP contribution is 2.18. The Balaban J connectivity index is 1.54. The first-order valence-corrected chi connectivity index (χ1v) is 9.50. The van der Waals surface area contributed by atoms with Crippen molar-refractivity contribution >= 4 is 6.03 Å². The van der Waals surface area contributed by atoms with E-state index in [9.17, 15) is 4.79 Å². The molecule has 0 saturated heterocycles. The molecule has 0 spiro atoms. The molecule has 7 heteroatoms. The largest absolute Gasteiger partial charge is 0.494 e. The first kappa shape index (κ1) is 19.2. The van der Waals surface area contributed by atoms with Gasteiger partial charge in [-0.25, -0.2) is 4.79 Å². The lowest BCUT2D eigenvalue weighted by atomic mass is 10.2. The fourth-order valence-electron chi connectivity index (χ4n) is 3.09. The number of fused-ring (bicyclic) bond motifs is 1. The van der Waals surface area contributed by atoms with E-state index in [1.54, 1.807) is 14.1 Å². The quantitative estimate of drug-likeness (QED) is 0.812. The summed E-state index contributed by atoms with van der Waals surface area (Å²) >= 11 is 0. The molecule has 0 radical (unpaired) electrons. The van der Waals surface area contributed by atoms with E-state index < -0.39 is 0 Å². The number of nitrogens with one attached hydrogen (secondary N) is 1. The van der Waals surface area contributed by atoms with Crippen LogP contribution in [-0.2, 0) is 26.2 Å². The summed E-state index contributed by atoms with van der Waals surface area (Å²) in [5.74, 6) is 0.932.